The molecule has 0 bridgehead atoms. The average Bonchev–Trinajstić information content (AvgIpc) is 2.89. The van der Waals surface area contributed by atoms with E-state index in [-0.39, 0.29) is 11.3 Å². The second-order valence-corrected chi connectivity index (χ2v) is 4.78. The molecular formula is C13H14ClNO4. The van der Waals surface area contributed by atoms with Gasteiger partial charge in [0.15, 0.2) is 0 Å². The lowest BCUT2D eigenvalue weighted by molar-refractivity contribution is -0.145. The van der Waals surface area contributed by atoms with Gasteiger partial charge in [-0.15, -0.1) is 0 Å². The zero-order valence-electron chi connectivity index (χ0n) is 10.4. The third-order valence-corrected chi connectivity index (χ3v) is 3.41. The Labute approximate surface area is 115 Å². The molecule has 1 N–H and O–H groups in total. The molecule has 1 aliphatic rings. The van der Waals surface area contributed by atoms with Crippen molar-refractivity contribution in [2.75, 3.05) is 13.7 Å². The second-order valence-electron chi connectivity index (χ2n) is 4.34. The molecule has 1 saturated heterocycles. The molecular weight excluding hydrogens is 270 g/mol. The van der Waals surface area contributed by atoms with Crippen LogP contribution in [0.25, 0.3) is 0 Å². The smallest absolute Gasteiger partial charge is 0.328 e. The number of benzene rings is 1. The van der Waals surface area contributed by atoms with Gasteiger partial charge < -0.3 is 14.7 Å². The molecule has 0 aliphatic carbocycles. The molecule has 1 atom stereocenters. The first-order chi connectivity index (χ1) is 9.04. The van der Waals surface area contributed by atoms with Gasteiger partial charge in [-0.1, -0.05) is 11.6 Å². The van der Waals surface area contributed by atoms with Crippen molar-refractivity contribution in [3.63, 3.8) is 0 Å². The van der Waals surface area contributed by atoms with Gasteiger partial charge in [0.25, 0.3) is 5.91 Å². The van der Waals surface area contributed by atoms with Crippen LogP contribution in [0.5, 0.6) is 5.75 Å². The largest absolute Gasteiger partial charge is 0.507 e. The number of hydrogen-bond acceptors (Lipinski definition) is 4. The minimum Gasteiger partial charge on any atom is -0.507 e. The lowest BCUT2D eigenvalue weighted by Crippen LogP contribution is -2.41. The van der Waals surface area contributed by atoms with Crippen molar-refractivity contribution in [1.29, 1.82) is 0 Å². The third kappa shape index (κ3) is 2.66. The minimum atomic E-state index is -0.587. The Kier molecular flexibility index (Phi) is 3.95. The summed E-state index contributed by atoms with van der Waals surface area (Å²) in [4.78, 5) is 25.4. The van der Waals surface area contributed by atoms with Gasteiger partial charge in [0, 0.05) is 11.6 Å². The zero-order valence-corrected chi connectivity index (χ0v) is 11.2. The van der Waals surface area contributed by atoms with E-state index < -0.39 is 17.9 Å². The summed E-state index contributed by atoms with van der Waals surface area (Å²) in [6, 6.07) is 3.66. The summed E-state index contributed by atoms with van der Waals surface area (Å²) >= 11 is 5.82. The second kappa shape index (κ2) is 5.48. The Morgan fingerprint density at radius 2 is 2.21 bits per heavy atom. The maximum atomic E-state index is 12.4. The molecule has 1 heterocycles. The topological polar surface area (TPSA) is 66.8 Å². The van der Waals surface area contributed by atoms with E-state index >= 15 is 0 Å². The van der Waals surface area contributed by atoms with Gasteiger partial charge >= 0.3 is 5.97 Å². The quantitative estimate of drug-likeness (QED) is 0.841. The molecule has 102 valence electrons. The lowest BCUT2D eigenvalue weighted by Gasteiger charge is -2.23. The van der Waals surface area contributed by atoms with Gasteiger partial charge in [0.1, 0.15) is 11.8 Å². The SMILES string of the molecule is COC(=O)C1CCCN1C(=O)c1cc(Cl)ccc1O. The fourth-order valence-corrected chi connectivity index (χ4v) is 2.40. The molecule has 1 aromatic rings. The lowest BCUT2D eigenvalue weighted by atomic mass is 10.1. The number of aromatic hydroxyl groups is 1. The van der Waals surface area contributed by atoms with Crippen LogP contribution < -0.4 is 0 Å². The van der Waals surface area contributed by atoms with Gasteiger partial charge in [-0.05, 0) is 31.0 Å². The number of carbonyl (C=O) groups excluding carboxylic acids is 2. The number of phenols is 1. The molecule has 0 spiro atoms. The first kappa shape index (κ1) is 13.7. The summed E-state index contributed by atoms with van der Waals surface area (Å²) in [5.74, 6) is -0.995. The van der Waals surface area contributed by atoms with Crippen LogP contribution in [0.3, 0.4) is 0 Å². The normalized spacial score (nSPS) is 18.4. The number of carbonyl (C=O) groups is 2. The molecule has 0 radical (unpaired) electrons. The Balaban J connectivity index is 2.28. The van der Waals surface area contributed by atoms with Crippen LogP contribution in [0, 0.1) is 0 Å². The highest BCUT2D eigenvalue weighted by Crippen LogP contribution is 2.27. The standard InChI is InChI=1S/C13H14ClNO4/c1-19-13(18)10-3-2-6-15(10)12(17)9-7-8(14)4-5-11(9)16/h4-5,7,10,16H,2-3,6H2,1H3. The molecule has 1 amide bonds. The van der Waals surface area contributed by atoms with Crippen molar-refractivity contribution in [3.05, 3.63) is 28.8 Å². The van der Waals surface area contributed by atoms with Crippen LogP contribution in [0.15, 0.2) is 18.2 Å². The maximum Gasteiger partial charge on any atom is 0.328 e. The van der Waals surface area contributed by atoms with Gasteiger partial charge in [-0.2, -0.15) is 0 Å². The van der Waals surface area contributed by atoms with Crippen molar-refractivity contribution < 1.29 is 19.4 Å². The predicted molar refractivity (Wildman–Crippen MR) is 69.2 cm³/mol. The molecule has 1 fully saturated rings. The van der Waals surface area contributed by atoms with E-state index in [1.165, 1.54) is 30.2 Å². The Morgan fingerprint density at radius 3 is 2.89 bits per heavy atom. The summed E-state index contributed by atoms with van der Waals surface area (Å²) in [6.45, 7) is 0.463. The summed E-state index contributed by atoms with van der Waals surface area (Å²) < 4.78 is 4.68. The summed E-state index contributed by atoms with van der Waals surface area (Å²) in [7, 11) is 1.29. The highest BCUT2D eigenvalue weighted by atomic mass is 35.5. The molecule has 1 aromatic carbocycles. The fraction of sp³-hybridized carbons (Fsp3) is 0.385. The van der Waals surface area contributed by atoms with E-state index in [4.69, 9.17) is 11.6 Å². The van der Waals surface area contributed by atoms with Crippen molar-refractivity contribution in [2.24, 2.45) is 0 Å². The number of methoxy groups -OCH3 is 1. The minimum absolute atomic E-state index is 0.100. The van der Waals surface area contributed by atoms with Crippen LogP contribution in [0.2, 0.25) is 5.02 Å². The predicted octanol–water partition coefficient (Wildman–Crippen LogP) is 1.82. The molecule has 19 heavy (non-hydrogen) atoms. The van der Waals surface area contributed by atoms with Gasteiger partial charge in [0.05, 0.1) is 12.7 Å². The average molecular weight is 284 g/mol. The van der Waals surface area contributed by atoms with E-state index in [0.717, 1.165) is 6.42 Å². The molecule has 1 aliphatic heterocycles. The van der Waals surface area contributed by atoms with E-state index in [9.17, 15) is 14.7 Å². The van der Waals surface area contributed by atoms with Crippen LogP contribution >= 0.6 is 11.6 Å². The van der Waals surface area contributed by atoms with Crippen LogP contribution in [0.1, 0.15) is 23.2 Å². The monoisotopic (exact) mass is 283 g/mol. The first-order valence-electron chi connectivity index (χ1n) is 5.92. The van der Waals surface area contributed by atoms with Crippen LogP contribution in [0.4, 0.5) is 0 Å². The molecule has 1 unspecified atom stereocenters. The summed E-state index contributed by atoms with van der Waals surface area (Å²) in [5, 5.41) is 10.1. The van der Waals surface area contributed by atoms with Gasteiger partial charge in [-0.3, -0.25) is 4.79 Å². The van der Waals surface area contributed by atoms with Crippen LogP contribution in [-0.4, -0.2) is 41.6 Å². The van der Waals surface area contributed by atoms with E-state index in [1.807, 2.05) is 0 Å². The highest BCUT2D eigenvalue weighted by Gasteiger charge is 2.36. The van der Waals surface area contributed by atoms with E-state index in [2.05, 4.69) is 4.74 Å². The Morgan fingerprint density at radius 1 is 1.47 bits per heavy atom. The van der Waals surface area contributed by atoms with Gasteiger partial charge in [-0.25, -0.2) is 4.79 Å². The number of rotatable bonds is 2. The molecule has 2 rings (SSSR count). The maximum absolute atomic E-state index is 12.4. The number of phenolic OH excluding ortho intramolecular Hbond substituents is 1. The number of amides is 1. The summed E-state index contributed by atoms with van der Waals surface area (Å²) in [6.07, 6.45) is 1.30. The molecule has 0 saturated carbocycles. The molecule has 5 nitrogen and oxygen atoms in total. The van der Waals surface area contributed by atoms with Crippen LogP contribution in [-0.2, 0) is 9.53 Å². The van der Waals surface area contributed by atoms with Crippen molar-refractivity contribution in [2.45, 2.75) is 18.9 Å². The number of halogens is 1. The van der Waals surface area contributed by atoms with Crippen molar-refractivity contribution >= 4 is 23.5 Å². The van der Waals surface area contributed by atoms with Crippen molar-refractivity contribution in [3.8, 4) is 5.75 Å². The number of likely N-dealkylation sites (tertiary alicyclic amines) is 1. The van der Waals surface area contributed by atoms with Crippen molar-refractivity contribution in [1.82, 2.24) is 4.90 Å². The Bertz CT molecular complexity index is 517. The first-order valence-corrected chi connectivity index (χ1v) is 6.29. The zero-order chi connectivity index (χ0) is 14.0. The number of nitrogens with zero attached hydrogens (tertiary/aromatic N) is 1. The van der Waals surface area contributed by atoms with E-state index in [0.29, 0.717) is 18.0 Å². The highest BCUT2D eigenvalue weighted by molar-refractivity contribution is 6.31. The number of esters is 1. The Hall–Kier alpha value is -1.75. The van der Waals surface area contributed by atoms with Gasteiger partial charge in [0.2, 0.25) is 0 Å². The van der Waals surface area contributed by atoms with E-state index in [1.54, 1.807) is 0 Å². The molecule has 0 aromatic heterocycles. The summed E-state index contributed by atoms with van der Waals surface area (Å²) in [5.41, 5.74) is 0.100. The number of ether oxygens (including phenoxy) is 1. The third-order valence-electron chi connectivity index (χ3n) is 3.18. The number of hydrogen-bond donors (Lipinski definition) is 1. The molecule has 6 heteroatoms. The fourth-order valence-electron chi connectivity index (χ4n) is 2.23.